The van der Waals surface area contributed by atoms with Gasteiger partial charge in [-0.25, -0.2) is 19.9 Å². The Hall–Kier alpha value is -1.88. The molecule has 0 saturated heterocycles. The maximum absolute atomic E-state index is 10.8. The SMILES string of the molecule is O=Cc1c(Cl)ncnc1-c1cncnc1. The third kappa shape index (κ3) is 1.82. The van der Waals surface area contributed by atoms with E-state index in [4.69, 9.17) is 11.6 Å². The second kappa shape index (κ2) is 4.10. The van der Waals surface area contributed by atoms with E-state index >= 15 is 0 Å². The molecule has 0 bridgehead atoms. The molecule has 2 rings (SSSR count). The highest BCUT2D eigenvalue weighted by atomic mass is 35.5. The lowest BCUT2D eigenvalue weighted by atomic mass is 10.1. The summed E-state index contributed by atoms with van der Waals surface area (Å²) in [7, 11) is 0. The maximum atomic E-state index is 10.8. The Balaban J connectivity index is 2.63. The summed E-state index contributed by atoms with van der Waals surface area (Å²) in [6, 6.07) is 0. The average molecular weight is 221 g/mol. The van der Waals surface area contributed by atoms with E-state index in [1.165, 1.54) is 12.7 Å². The minimum atomic E-state index is 0.124. The molecule has 0 aliphatic heterocycles. The first kappa shape index (κ1) is 9.67. The van der Waals surface area contributed by atoms with Crippen molar-refractivity contribution in [1.82, 2.24) is 19.9 Å². The number of hydrogen-bond donors (Lipinski definition) is 0. The number of halogens is 1. The minimum Gasteiger partial charge on any atom is -0.298 e. The molecule has 0 amide bonds. The van der Waals surface area contributed by atoms with Crippen molar-refractivity contribution in [2.24, 2.45) is 0 Å². The van der Waals surface area contributed by atoms with Crippen LogP contribution in [0, 0.1) is 0 Å². The second-order valence-electron chi connectivity index (χ2n) is 2.67. The van der Waals surface area contributed by atoms with Gasteiger partial charge in [-0.2, -0.15) is 0 Å². The van der Waals surface area contributed by atoms with Gasteiger partial charge in [-0.15, -0.1) is 0 Å². The van der Waals surface area contributed by atoms with E-state index in [2.05, 4.69) is 19.9 Å². The first-order valence-corrected chi connectivity index (χ1v) is 4.42. The second-order valence-corrected chi connectivity index (χ2v) is 3.03. The van der Waals surface area contributed by atoms with Crippen LogP contribution in [0.1, 0.15) is 10.4 Å². The van der Waals surface area contributed by atoms with Crippen LogP contribution in [-0.2, 0) is 0 Å². The van der Waals surface area contributed by atoms with Crippen molar-refractivity contribution in [3.8, 4) is 11.3 Å². The number of nitrogens with zero attached hydrogens (tertiary/aromatic N) is 4. The molecule has 0 saturated carbocycles. The van der Waals surface area contributed by atoms with Crippen LogP contribution >= 0.6 is 11.6 Å². The first-order valence-electron chi connectivity index (χ1n) is 4.04. The molecule has 0 radical (unpaired) electrons. The van der Waals surface area contributed by atoms with Crippen molar-refractivity contribution in [3.63, 3.8) is 0 Å². The lowest BCUT2D eigenvalue weighted by Crippen LogP contribution is -1.96. The van der Waals surface area contributed by atoms with Crippen LogP contribution < -0.4 is 0 Å². The Labute approximate surface area is 90.2 Å². The fraction of sp³-hybridized carbons (Fsp3) is 0. The normalized spacial score (nSPS) is 9.93. The van der Waals surface area contributed by atoms with Crippen LogP contribution in [0.2, 0.25) is 5.15 Å². The summed E-state index contributed by atoms with van der Waals surface area (Å²) in [6.45, 7) is 0. The molecule has 6 heteroatoms. The van der Waals surface area contributed by atoms with Gasteiger partial charge in [-0.05, 0) is 0 Å². The van der Waals surface area contributed by atoms with Gasteiger partial charge in [-0.3, -0.25) is 4.79 Å². The summed E-state index contributed by atoms with van der Waals surface area (Å²) in [5.74, 6) is 0. The Bertz CT molecular complexity index is 489. The number of carbonyl (C=O) groups excluding carboxylic acids is 1. The molecule has 0 spiro atoms. The maximum Gasteiger partial charge on any atom is 0.155 e. The van der Waals surface area contributed by atoms with Crippen molar-refractivity contribution in [3.05, 3.63) is 35.8 Å². The fourth-order valence-electron chi connectivity index (χ4n) is 1.13. The van der Waals surface area contributed by atoms with E-state index in [-0.39, 0.29) is 10.7 Å². The Morgan fingerprint density at radius 1 is 1.13 bits per heavy atom. The molecule has 15 heavy (non-hydrogen) atoms. The molecule has 0 aromatic carbocycles. The summed E-state index contributed by atoms with van der Waals surface area (Å²) in [5, 5.41) is 0.124. The first-order chi connectivity index (χ1) is 7.33. The largest absolute Gasteiger partial charge is 0.298 e. The number of hydrogen-bond acceptors (Lipinski definition) is 5. The van der Waals surface area contributed by atoms with Crippen LogP contribution in [0.3, 0.4) is 0 Å². The van der Waals surface area contributed by atoms with E-state index in [9.17, 15) is 4.79 Å². The van der Waals surface area contributed by atoms with E-state index in [0.717, 1.165) is 0 Å². The van der Waals surface area contributed by atoms with Crippen LogP contribution in [0.15, 0.2) is 25.0 Å². The number of aromatic nitrogens is 4. The highest BCUT2D eigenvalue weighted by Crippen LogP contribution is 2.22. The molecule has 0 unspecified atom stereocenters. The molecule has 0 atom stereocenters. The van der Waals surface area contributed by atoms with E-state index in [1.54, 1.807) is 12.4 Å². The smallest absolute Gasteiger partial charge is 0.155 e. The fourth-order valence-corrected chi connectivity index (χ4v) is 1.31. The molecule has 2 aromatic rings. The molecule has 2 heterocycles. The summed E-state index contributed by atoms with van der Waals surface area (Å²) in [4.78, 5) is 26.2. The van der Waals surface area contributed by atoms with Crippen LogP contribution in [-0.4, -0.2) is 26.2 Å². The lowest BCUT2D eigenvalue weighted by Gasteiger charge is -2.02. The van der Waals surface area contributed by atoms with Crippen LogP contribution in [0.25, 0.3) is 11.3 Å². The standard InChI is InChI=1S/C9H5ClN4O/c10-9-7(3-15)8(13-5-14-9)6-1-11-4-12-2-6/h1-5H. The van der Waals surface area contributed by atoms with E-state index in [1.807, 2.05) is 0 Å². The summed E-state index contributed by atoms with van der Waals surface area (Å²) in [5.41, 5.74) is 1.31. The Morgan fingerprint density at radius 2 is 1.87 bits per heavy atom. The molecule has 0 aliphatic rings. The topological polar surface area (TPSA) is 68.6 Å². The summed E-state index contributed by atoms with van der Waals surface area (Å²) >= 11 is 5.76. The predicted molar refractivity (Wildman–Crippen MR) is 53.5 cm³/mol. The summed E-state index contributed by atoms with van der Waals surface area (Å²) in [6.07, 6.45) is 6.41. The van der Waals surface area contributed by atoms with Gasteiger partial charge in [0.1, 0.15) is 17.8 Å². The Kier molecular flexibility index (Phi) is 2.64. The van der Waals surface area contributed by atoms with Gasteiger partial charge in [0.05, 0.1) is 11.3 Å². The van der Waals surface area contributed by atoms with Gasteiger partial charge in [-0.1, -0.05) is 11.6 Å². The molecule has 74 valence electrons. The number of aldehydes is 1. The average Bonchev–Trinajstić information content (AvgIpc) is 2.30. The number of carbonyl (C=O) groups is 1. The van der Waals surface area contributed by atoms with Crippen molar-refractivity contribution in [2.45, 2.75) is 0 Å². The molecule has 5 nitrogen and oxygen atoms in total. The monoisotopic (exact) mass is 220 g/mol. The van der Waals surface area contributed by atoms with E-state index < -0.39 is 0 Å². The van der Waals surface area contributed by atoms with Crippen molar-refractivity contribution < 1.29 is 4.79 Å². The van der Waals surface area contributed by atoms with Gasteiger partial charge in [0, 0.05) is 18.0 Å². The zero-order valence-corrected chi connectivity index (χ0v) is 8.22. The quantitative estimate of drug-likeness (QED) is 0.565. The van der Waals surface area contributed by atoms with Gasteiger partial charge in [0.2, 0.25) is 0 Å². The predicted octanol–water partition coefficient (Wildman–Crippen LogP) is 1.40. The van der Waals surface area contributed by atoms with Crippen LogP contribution in [0.4, 0.5) is 0 Å². The zero-order valence-electron chi connectivity index (χ0n) is 7.46. The zero-order chi connectivity index (χ0) is 10.7. The van der Waals surface area contributed by atoms with E-state index in [0.29, 0.717) is 17.5 Å². The molecular weight excluding hydrogens is 216 g/mol. The Morgan fingerprint density at radius 3 is 2.53 bits per heavy atom. The molecule has 0 fully saturated rings. The van der Waals surface area contributed by atoms with Crippen molar-refractivity contribution >= 4 is 17.9 Å². The lowest BCUT2D eigenvalue weighted by molar-refractivity contribution is 0.112. The number of rotatable bonds is 2. The molecule has 2 aromatic heterocycles. The third-order valence-corrected chi connectivity index (χ3v) is 2.09. The van der Waals surface area contributed by atoms with Crippen LogP contribution in [0.5, 0.6) is 0 Å². The minimum absolute atomic E-state index is 0.124. The van der Waals surface area contributed by atoms with Gasteiger partial charge < -0.3 is 0 Å². The van der Waals surface area contributed by atoms with Gasteiger partial charge in [0.15, 0.2) is 6.29 Å². The van der Waals surface area contributed by atoms with Crippen molar-refractivity contribution in [2.75, 3.05) is 0 Å². The van der Waals surface area contributed by atoms with Crippen molar-refractivity contribution in [1.29, 1.82) is 0 Å². The van der Waals surface area contributed by atoms with Gasteiger partial charge in [0.25, 0.3) is 0 Å². The summed E-state index contributed by atoms with van der Waals surface area (Å²) < 4.78 is 0. The molecule has 0 aliphatic carbocycles. The highest BCUT2D eigenvalue weighted by molar-refractivity contribution is 6.32. The highest BCUT2D eigenvalue weighted by Gasteiger charge is 2.10. The van der Waals surface area contributed by atoms with Gasteiger partial charge >= 0.3 is 0 Å². The molecule has 0 N–H and O–H groups in total. The molecular formula is C9H5ClN4O. The third-order valence-electron chi connectivity index (χ3n) is 1.79.